The summed E-state index contributed by atoms with van der Waals surface area (Å²) in [4.78, 5) is 24.6. The molecule has 2 heterocycles. The molecule has 1 saturated heterocycles. The van der Waals surface area contributed by atoms with Gasteiger partial charge in [0.1, 0.15) is 31.0 Å². The smallest absolute Gasteiger partial charge is 0.337 e. The van der Waals surface area contributed by atoms with Crippen molar-refractivity contribution in [1.82, 2.24) is 0 Å². The van der Waals surface area contributed by atoms with Gasteiger partial charge in [-0.2, -0.15) is 0 Å². The average molecular weight is 557 g/mol. The van der Waals surface area contributed by atoms with E-state index in [1.165, 1.54) is 26.4 Å². The molecule has 39 heavy (non-hydrogen) atoms. The molecular formula is C27H40O12. The number of carbonyl (C=O) groups excluding carboxylic acids is 2. The maximum atomic E-state index is 12.4. The molecule has 11 atom stereocenters. The molecule has 3 aliphatic rings. The van der Waals surface area contributed by atoms with Gasteiger partial charge in [-0.15, -0.1) is 6.58 Å². The maximum absolute atomic E-state index is 12.4. The first-order valence-electron chi connectivity index (χ1n) is 13.0. The molecule has 1 saturated carbocycles. The van der Waals surface area contributed by atoms with Crippen molar-refractivity contribution in [2.45, 2.75) is 88.7 Å². The summed E-state index contributed by atoms with van der Waals surface area (Å²) < 4.78 is 27.3. The van der Waals surface area contributed by atoms with E-state index in [4.69, 9.17) is 23.7 Å². The Morgan fingerprint density at radius 2 is 1.87 bits per heavy atom. The summed E-state index contributed by atoms with van der Waals surface area (Å²) >= 11 is 0. The summed E-state index contributed by atoms with van der Waals surface area (Å²) in [7, 11) is 1.24. The minimum absolute atomic E-state index is 0.257. The monoisotopic (exact) mass is 556 g/mol. The molecule has 3 rings (SSSR count). The predicted octanol–water partition coefficient (Wildman–Crippen LogP) is 0.0636. The number of hydrogen-bond donors (Lipinski definition) is 5. The van der Waals surface area contributed by atoms with Crippen LogP contribution in [0.5, 0.6) is 0 Å². The number of ether oxygens (including phenoxy) is 5. The summed E-state index contributed by atoms with van der Waals surface area (Å²) in [6.45, 7) is 8.03. The van der Waals surface area contributed by atoms with Gasteiger partial charge in [-0.1, -0.05) is 19.1 Å². The lowest BCUT2D eigenvalue weighted by atomic mass is 9.83. The summed E-state index contributed by atoms with van der Waals surface area (Å²) in [5.74, 6) is -2.54. The van der Waals surface area contributed by atoms with Gasteiger partial charge in [0.2, 0.25) is 6.29 Å². The Morgan fingerprint density at radius 3 is 2.51 bits per heavy atom. The van der Waals surface area contributed by atoms with E-state index < -0.39 is 79.1 Å². The van der Waals surface area contributed by atoms with Crippen LogP contribution in [0.4, 0.5) is 0 Å². The van der Waals surface area contributed by atoms with Crippen LogP contribution in [0.25, 0.3) is 0 Å². The topological polar surface area (TPSA) is 181 Å². The summed E-state index contributed by atoms with van der Waals surface area (Å²) in [6.07, 6.45) is -4.20. The zero-order chi connectivity index (χ0) is 29.1. The van der Waals surface area contributed by atoms with Crippen LogP contribution in [0.3, 0.4) is 0 Å². The highest BCUT2D eigenvalue weighted by atomic mass is 16.8. The summed E-state index contributed by atoms with van der Waals surface area (Å²) in [6, 6.07) is 0. The fourth-order valence-corrected chi connectivity index (χ4v) is 5.12. The van der Waals surface area contributed by atoms with Crippen molar-refractivity contribution in [2.24, 2.45) is 17.8 Å². The molecule has 2 aliphatic heterocycles. The van der Waals surface area contributed by atoms with Crippen molar-refractivity contribution in [3.63, 3.8) is 0 Å². The number of aliphatic hydroxyl groups excluding tert-OH is 4. The van der Waals surface area contributed by atoms with Gasteiger partial charge in [-0.25, -0.2) is 9.59 Å². The van der Waals surface area contributed by atoms with E-state index in [2.05, 4.69) is 6.58 Å². The molecule has 220 valence electrons. The highest BCUT2D eigenvalue weighted by Crippen LogP contribution is 2.47. The molecule has 5 unspecified atom stereocenters. The molecule has 12 nitrogen and oxygen atoms in total. The van der Waals surface area contributed by atoms with E-state index in [-0.39, 0.29) is 23.5 Å². The number of methoxy groups -OCH3 is 1. The highest BCUT2D eigenvalue weighted by Gasteiger charge is 2.53. The van der Waals surface area contributed by atoms with Crippen LogP contribution in [0.1, 0.15) is 40.0 Å². The Balaban J connectivity index is 1.65. The van der Waals surface area contributed by atoms with Crippen molar-refractivity contribution in [3.8, 4) is 0 Å². The Kier molecular flexibility index (Phi) is 10.3. The first-order valence-corrected chi connectivity index (χ1v) is 13.0. The van der Waals surface area contributed by atoms with Crippen LogP contribution >= 0.6 is 0 Å². The second kappa shape index (κ2) is 12.9. The molecule has 0 spiro atoms. The molecule has 0 aromatic heterocycles. The van der Waals surface area contributed by atoms with E-state index in [0.29, 0.717) is 12.8 Å². The van der Waals surface area contributed by atoms with Crippen LogP contribution < -0.4 is 0 Å². The normalized spacial score (nSPS) is 38.1. The number of esters is 2. The number of aliphatic hydroxyl groups is 5. The van der Waals surface area contributed by atoms with Gasteiger partial charge in [-0.3, -0.25) is 0 Å². The Morgan fingerprint density at radius 1 is 1.18 bits per heavy atom. The van der Waals surface area contributed by atoms with Gasteiger partial charge in [0.25, 0.3) is 0 Å². The van der Waals surface area contributed by atoms with Crippen LogP contribution in [0.2, 0.25) is 0 Å². The van der Waals surface area contributed by atoms with Crippen LogP contribution in [-0.2, 0) is 33.3 Å². The molecule has 0 bridgehead atoms. The van der Waals surface area contributed by atoms with Gasteiger partial charge in [0.05, 0.1) is 30.6 Å². The highest BCUT2D eigenvalue weighted by molar-refractivity contribution is 5.89. The number of carbonyl (C=O) groups is 2. The van der Waals surface area contributed by atoms with Crippen LogP contribution in [0, 0.1) is 17.8 Å². The number of allylic oxidation sites excluding steroid dienone is 1. The summed E-state index contributed by atoms with van der Waals surface area (Å²) in [5, 5.41) is 51.9. The van der Waals surface area contributed by atoms with E-state index in [0.717, 1.165) is 0 Å². The van der Waals surface area contributed by atoms with Gasteiger partial charge >= 0.3 is 11.9 Å². The molecule has 0 radical (unpaired) electrons. The molecule has 5 N–H and O–H groups in total. The van der Waals surface area contributed by atoms with E-state index >= 15 is 0 Å². The quantitative estimate of drug-likeness (QED) is 0.139. The Bertz CT molecular complexity index is 958. The lowest BCUT2D eigenvalue weighted by Crippen LogP contribution is -2.60. The first kappa shape index (κ1) is 31.2. The van der Waals surface area contributed by atoms with Crippen LogP contribution in [-0.4, -0.2) is 99.9 Å². The Labute approximate surface area is 227 Å². The number of fused-ring (bicyclic) bond motifs is 1. The fraction of sp³-hybridized carbons (Fsp3) is 0.704. The Hall–Kier alpha value is -2.32. The third-order valence-electron chi connectivity index (χ3n) is 7.82. The maximum Gasteiger partial charge on any atom is 0.337 e. The lowest BCUT2D eigenvalue weighted by Gasteiger charge is -2.43. The van der Waals surface area contributed by atoms with Gasteiger partial charge in [0.15, 0.2) is 6.29 Å². The number of hydrogen-bond acceptors (Lipinski definition) is 12. The molecule has 2 fully saturated rings. The standard InChI is InChI=1S/C27H40O12/c1-6-27(4,34)9-7-8-13(2)23(32)36-12-18-20(29)21(30)22(31)26(38-18)39-25-19-14(3)17(28)10-15(19)16(11-37-25)24(33)35-5/h6,8,11,14-15,17-22,25-26,28-31,34H,1,7,9-10,12H2,2-5H3/b13-8+/t14?,15?,17?,18-,19?,20-,21+,22-,25?,26+,27+/m1/s1. The molecule has 0 aromatic rings. The van der Waals surface area contributed by atoms with Crippen molar-refractivity contribution in [2.75, 3.05) is 13.7 Å². The van der Waals surface area contributed by atoms with Gasteiger partial charge < -0.3 is 49.2 Å². The van der Waals surface area contributed by atoms with Crippen molar-refractivity contribution < 1.29 is 58.8 Å². The number of rotatable bonds is 10. The SMILES string of the molecule is C=C[C@](C)(O)CC/C=C(\C)C(=O)OC[C@H]1O[C@@H](OC2OC=C(C(=O)OC)C3CC(O)C(C)C23)[C@H](O)[C@@H](O)[C@@H]1O. The summed E-state index contributed by atoms with van der Waals surface area (Å²) in [5.41, 5.74) is -0.537. The minimum atomic E-state index is -1.68. The predicted molar refractivity (Wildman–Crippen MR) is 134 cm³/mol. The fourth-order valence-electron chi connectivity index (χ4n) is 5.12. The zero-order valence-electron chi connectivity index (χ0n) is 22.6. The lowest BCUT2D eigenvalue weighted by molar-refractivity contribution is -0.342. The minimum Gasteiger partial charge on any atom is -0.472 e. The van der Waals surface area contributed by atoms with Crippen molar-refractivity contribution in [1.29, 1.82) is 0 Å². The second-order valence-corrected chi connectivity index (χ2v) is 10.7. The van der Waals surface area contributed by atoms with Gasteiger partial charge in [-0.05, 0) is 39.0 Å². The second-order valence-electron chi connectivity index (χ2n) is 10.7. The molecule has 1 aliphatic carbocycles. The van der Waals surface area contributed by atoms with Crippen molar-refractivity contribution in [3.05, 3.63) is 36.1 Å². The van der Waals surface area contributed by atoms with E-state index in [9.17, 15) is 35.1 Å². The van der Waals surface area contributed by atoms with Gasteiger partial charge in [0, 0.05) is 17.4 Å². The zero-order valence-corrected chi connectivity index (χ0v) is 22.6. The van der Waals surface area contributed by atoms with E-state index in [1.807, 2.05) is 0 Å². The average Bonchev–Trinajstić information content (AvgIpc) is 3.21. The molecular weight excluding hydrogens is 516 g/mol. The largest absolute Gasteiger partial charge is 0.472 e. The third kappa shape index (κ3) is 7.07. The molecule has 0 amide bonds. The van der Waals surface area contributed by atoms with Crippen molar-refractivity contribution >= 4 is 11.9 Å². The first-order chi connectivity index (χ1) is 18.3. The van der Waals surface area contributed by atoms with Crippen LogP contribution in [0.15, 0.2) is 36.1 Å². The van der Waals surface area contributed by atoms with E-state index in [1.54, 1.807) is 19.9 Å². The molecule has 0 aromatic carbocycles. The third-order valence-corrected chi connectivity index (χ3v) is 7.82. The molecule has 12 heteroatoms.